The zero-order chi connectivity index (χ0) is 12.1. The Hall–Kier alpha value is -1.96. The van der Waals surface area contributed by atoms with Gasteiger partial charge in [0.15, 0.2) is 0 Å². The lowest BCUT2D eigenvalue weighted by atomic mass is 10.1. The Bertz CT molecular complexity index is 454. The lowest BCUT2D eigenvalue weighted by molar-refractivity contribution is 0.415. The van der Waals surface area contributed by atoms with Crippen molar-refractivity contribution >= 4 is 6.08 Å². The molecule has 0 saturated heterocycles. The third-order valence-electron chi connectivity index (χ3n) is 2.72. The lowest BCUT2D eigenvalue weighted by Gasteiger charge is -2.15. The maximum absolute atomic E-state index is 5.12. The summed E-state index contributed by atoms with van der Waals surface area (Å²) in [4.78, 5) is 2.14. The van der Waals surface area contributed by atoms with Gasteiger partial charge >= 0.3 is 0 Å². The SMILES string of the molecule is COc1ccc(C=CC2=CCN(C)C=C2)cc1. The molecule has 0 bridgehead atoms. The lowest BCUT2D eigenvalue weighted by Crippen LogP contribution is -2.12. The van der Waals surface area contributed by atoms with Crippen molar-refractivity contribution in [3.8, 4) is 5.75 Å². The predicted octanol–water partition coefficient (Wildman–Crippen LogP) is 3.09. The van der Waals surface area contributed by atoms with Crippen LogP contribution in [0.1, 0.15) is 5.56 Å². The molecule has 0 spiro atoms. The molecular formula is C15H17NO. The van der Waals surface area contributed by atoms with Gasteiger partial charge in [-0.05, 0) is 35.5 Å². The average molecular weight is 227 g/mol. The molecule has 0 atom stereocenters. The van der Waals surface area contributed by atoms with Gasteiger partial charge in [-0.3, -0.25) is 0 Å². The zero-order valence-corrected chi connectivity index (χ0v) is 10.3. The fourth-order valence-corrected chi connectivity index (χ4v) is 1.62. The van der Waals surface area contributed by atoms with Crippen molar-refractivity contribution in [3.05, 3.63) is 59.8 Å². The molecule has 0 N–H and O–H groups in total. The Morgan fingerprint density at radius 3 is 2.53 bits per heavy atom. The molecule has 1 aromatic rings. The van der Waals surface area contributed by atoms with Gasteiger partial charge in [-0.15, -0.1) is 0 Å². The fourth-order valence-electron chi connectivity index (χ4n) is 1.62. The molecule has 2 nitrogen and oxygen atoms in total. The first kappa shape index (κ1) is 11.5. The summed E-state index contributed by atoms with van der Waals surface area (Å²) in [5.74, 6) is 0.889. The van der Waals surface area contributed by atoms with Crippen molar-refractivity contribution in [3.63, 3.8) is 0 Å². The Labute approximate surface area is 103 Å². The average Bonchev–Trinajstić information content (AvgIpc) is 2.39. The van der Waals surface area contributed by atoms with Crippen molar-refractivity contribution in [1.29, 1.82) is 0 Å². The first-order chi connectivity index (χ1) is 8.28. The largest absolute Gasteiger partial charge is 0.497 e. The number of allylic oxidation sites excluding steroid dienone is 3. The standard InChI is InChI=1S/C15H17NO/c1-16-11-9-14(10-12-16)4-3-13-5-7-15(17-2)8-6-13/h3-11H,12H2,1-2H3. The molecule has 17 heavy (non-hydrogen) atoms. The van der Waals surface area contributed by atoms with Crippen molar-refractivity contribution < 1.29 is 4.74 Å². The van der Waals surface area contributed by atoms with Crippen LogP contribution in [-0.2, 0) is 0 Å². The van der Waals surface area contributed by atoms with Gasteiger partial charge in [0, 0.05) is 13.6 Å². The van der Waals surface area contributed by atoms with Crippen LogP contribution < -0.4 is 4.74 Å². The van der Waals surface area contributed by atoms with Crippen LogP contribution in [0.4, 0.5) is 0 Å². The van der Waals surface area contributed by atoms with E-state index in [0.29, 0.717) is 0 Å². The van der Waals surface area contributed by atoms with Crippen molar-refractivity contribution in [1.82, 2.24) is 4.90 Å². The summed E-state index contributed by atoms with van der Waals surface area (Å²) in [6, 6.07) is 8.04. The topological polar surface area (TPSA) is 12.5 Å². The van der Waals surface area contributed by atoms with Gasteiger partial charge < -0.3 is 9.64 Å². The van der Waals surface area contributed by atoms with Gasteiger partial charge in [0.1, 0.15) is 5.75 Å². The molecule has 2 heteroatoms. The van der Waals surface area contributed by atoms with E-state index in [1.54, 1.807) is 7.11 Å². The molecule has 0 fully saturated rings. The van der Waals surface area contributed by atoms with E-state index in [9.17, 15) is 0 Å². The second kappa shape index (κ2) is 5.39. The van der Waals surface area contributed by atoms with Gasteiger partial charge in [0.05, 0.1) is 7.11 Å². The highest BCUT2D eigenvalue weighted by atomic mass is 16.5. The minimum absolute atomic E-state index is 0.889. The van der Waals surface area contributed by atoms with Crippen molar-refractivity contribution in [2.75, 3.05) is 20.7 Å². The van der Waals surface area contributed by atoms with E-state index in [1.165, 1.54) is 11.1 Å². The molecular weight excluding hydrogens is 210 g/mol. The molecule has 0 unspecified atom stereocenters. The molecule has 1 aliphatic heterocycles. The number of hydrogen-bond donors (Lipinski definition) is 0. The third kappa shape index (κ3) is 3.25. The van der Waals surface area contributed by atoms with E-state index in [0.717, 1.165) is 12.3 Å². The minimum atomic E-state index is 0.889. The van der Waals surface area contributed by atoms with Crippen LogP contribution in [0, 0.1) is 0 Å². The van der Waals surface area contributed by atoms with E-state index in [1.807, 2.05) is 12.1 Å². The van der Waals surface area contributed by atoms with Gasteiger partial charge in [0.25, 0.3) is 0 Å². The number of nitrogens with zero attached hydrogens (tertiary/aromatic N) is 1. The summed E-state index contributed by atoms with van der Waals surface area (Å²) >= 11 is 0. The summed E-state index contributed by atoms with van der Waals surface area (Å²) in [6.45, 7) is 0.971. The fraction of sp³-hybridized carbons (Fsp3) is 0.200. The summed E-state index contributed by atoms with van der Waals surface area (Å²) in [6.07, 6.45) is 10.7. The van der Waals surface area contributed by atoms with E-state index in [2.05, 4.69) is 54.6 Å². The number of ether oxygens (including phenoxy) is 1. The highest BCUT2D eigenvalue weighted by molar-refractivity contribution is 5.55. The maximum Gasteiger partial charge on any atom is 0.118 e. The molecule has 2 rings (SSSR count). The van der Waals surface area contributed by atoms with Crippen LogP contribution in [0.2, 0.25) is 0 Å². The van der Waals surface area contributed by atoms with Gasteiger partial charge in [-0.25, -0.2) is 0 Å². The third-order valence-corrected chi connectivity index (χ3v) is 2.72. The highest BCUT2D eigenvalue weighted by Gasteiger charge is 1.96. The van der Waals surface area contributed by atoms with Crippen LogP contribution in [0.25, 0.3) is 6.08 Å². The highest BCUT2D eigenvalue weighted by Crippen LogP contribution is 2.14. The monoisotopic (exact) mass is 227 g/mol. The number of benzene rings is 1. The molecule has 1 aliphatic rings. The molecule has 0 saturated carbocycles. The van der Waals surface area contributed by atoms with E-state index >= 15 is 0 Å². The quantitative estimate of drug-likeness (QED) is 0.786. The summed E-state index contributed by atoms with van der Waals surface area (Å²) in [7, 11) is 3.75. The van der Waals surface area contributed by atoms with Crippen LogP contribution in [0.15, 0.2) is 54.3 Å². The van der Waals surface area contributed by atoms with Crippen LogP contribution in [-0.4, -0.2) is 25.6 Å². The van der Waals surface area contributed by atoms with Gasteiger partial charge in [-0.2, -0.15) is 0 Å². The number of hydrogen-bond acceptors (Lipinski definition) is 2. The molecule has 0 amide bonds. The molecule has 1 aromatic carbocycles. The molecule has 0 radical (unpaired) electrons. The summed E-state index contributed by atoms with van der Waals surface area (Å²) in [5, 5.41) is 0. The smallest absolute Gasteiger partial charge is 0.118 e. The Kier molecular flexibility index (Phi) is 3.66. The zero-order valence-electron chi connectivity index (χ0n) is 10.3. The van der Waals surface area contributed by atoms with Crippen molar-refractivity contribution in [2.45, 2.75) is 0 Å². The second-order valence-electron chi connectivity index (χ2n) is 4.07. The Morgan fingerprint density at radius 2 is 1.94 bits per heavy atom. The number of rotatable bonds is 3. The summed E-state index contributed by atoms with van der Waals surface area (Å²) in [5.41, 5.74) is 2.43. The molecule has 0 aromatic heterocycles. The Balaban J connectivity index is 2.03. The maximum atomic E-state index is 5.12. The molecule has 0 aliphatic carbocycles. The first-order valence-corrected chi connectivity index (χ1v) is 5.68. The van der Waals surface area contributed by atoms with E-state index in [4.69, 9.17) is 4.74 Å². The number of methoxy groups -OCH3 is 1. The normalized spacial score (nSPS) is 15.2. The van der Waals surface area contributed by atoms with Crippen molar-refractivity contribution in [2.24, 2.45) is 0 Å². The van der Waals surface area contributed by atoms with E-state index in [-0.39, 0.29) is 0 Å². The van der Waals surface area contributed by atoms with Crippen LogP contribution >= 0.6 is 0 Å². The molecule has 1 heterocycles. The summed E-state index contributed by atoms with van der Waals surface area (Å²) < 4.78 is 5.12. The van der Waals surface area contributed by atoms with Gasteiger partial charge in [-0.1, -0.05) is 30.4 Å². The van der Waals surface area contributed by atoms with Gasteiger partial charge in [0.2, 0.25) is 0 Å². The van der Waals surface area contributed by atoms with Crippen LogP contribution in [0.5, 0.6) is 5.75 Å². The second-order valence-corrected chi connectivity index (χ2v) is 4.07. The predicted molar refractivity (Wildman–Crippen MR) is 71.9 cm³/mol. The molecule has 88 valence electrons. The van der Waals surface area contributed by atoms with Crippen LogP contribution in [0.3, 0.4) is 0 Å². The number of likely N-dealkylation sites (N-methyl/N-ethyl adjacent to an activating group) is 1. The Morgan fingerprint density at radius 1 is 1.18 bits per heavy atom. The minimum Gasteiger partial charge on any atom is -0.497 e. The first-order valence-electron chi connectivity index (χ1n) is 5.68. The van der Waals surface area contributed by atoms with E-state index < -0.39 is 0 Å².